The van der Waals surface area contributed by atoms with Crippen molar-refractivity contribution in [2.45, 2.75) is 6.92 Å². The van der Waals surface area contributed by atoms with Crippen molar-refractivity contribution in [3.8, 4) is 6.07 Å². The predicted molar refractivity (Wildman–Crippen MR) is 85.4 cm³/mol. The van der Waals surface area contributed by atoms with E-state index in [9.17, 15) is 4.79 Å². The number of hydrogen-bond donors (Lipinski definition) is 2. The summed E-state index contributed by atoms with van der Waals surface area (Å²) in [5.41, 5.74) is 2.14. The summed E-state index contributed by atoms with van der Waals surface area (Å²) in [5.74, 6) is 0.0124. The Morgan fingerprint density at radius 2 is 2.17 bits per heavy atom. The largest absolute Gasteiger partial charge is 0.383 e. The minimum absolute atomic E-state index is 0.271. The zero-order chi connectivity index (χ0) is 16.7. The molecule has 0 saturated carbocycles. The molecule has 0 atom stereocenters. The van der Waals surface area contributed by atoms with E-state index in [0.717, 1.165) is 0 Å². The second-order valence-corrected chi connectivity index (χ2v) is 4.78. The molecule has 0 fully saturated rings. The lowest BCUT2D eigenvalue weighted by atomic mass is 10.2. The molecule has 2 rings (SSSR count). The maximum atomic E-state index is 12.0. The average Bonchev–Trinajstić information content (AvgIpc) is 2.54. The summed E-state index contributed by atoms with van der Waals surface area (Å²) in [7, 11) is 1.57. The fourth-order valence-electron chi connectivity index (χ4n) is 1.89. The van der Waals surface area contributed by atoms with Crippen molar-refractivity contribution in [2.24, 2.45) is 0 Å². The van der Waals surface area contributed by atoms with Crippen LogP contribution in [0.4, 0.5) is 11.6 Å². The molecular weight excluding hydrogens is 294 g/mol. The smallest absolute Gasteiger partial charge is 0.270 e. The zero-order valence-electron chi connectivity index (χ0n) is 13.0. The third-order valence-electron chi connectivity index (χ3n) is 2.93. The molecule has 0 spiro atoms. The molecule has 7 nitrogen and oxygen atoms in total. The van der Waals surface area contributed by atoms with Gasteiger partial charge in [0.05, 0.1) is 18.2 Å². The maximum absolute atomic E-state index is 12.0. The fourth-order valence-corrected chi connectivity index (χ4v) is 1.89. The third kappa shape index (κ3) is 4.76. The van der Waals surface area contributed by atoms with Crippen LogP contribution in [0.2, 0.25) is 0 Å². The molecule has 1 aromatic carbocycles. The summed E-state index contributed by atoms with van der Waals surface area (Å²) < 4.78 is 4.89. The molecule has 1 heterocycles. The van der Waals surface area contributed by atoms with Crippen LogP contribution in [0.25, 0.3) is 0 Å². The topological polar surface area (TPSA) is 99.9 Å². The Morgan fingerprint density at radius 3 is 2.91 bits per heavy atom. The highest BCUT2D eigenvalue weighted by Gasteiger charge is 2.10. The normalized spacial score (nSPS) is 9.96. The van der Waals surface area contributed by atoms with Gasteiger partial charge < -0.3 is 15.4 Å². The first-order valence-electron chi connectivity index (χ1n) is 7.02. The Hall–Kier alpha value is -2.98. The van der Waals surface area contributed by atoms with E-state index in [2.05, 4.69) is 26.7 Å². The van der Waals surface area contributed by atoms with Crippen LogP contribution in [0.1, 0.15) is 21.7 Å². The van der Waals surface area contributed by atoms with Crippen LogP contribution in [-0.4, -0.2) is 36.1 Å². The third-order valence-corrected chi connectivity index (χ3v) is 2.93. The summed E-state index contributed by atoms with van der Waals surface area (Å²) >= 11 is 0. The van der Waals surface area contributed by atoms with Crippen LogP contribution in [-0.2, 0) is 4.74 Å². The molecule has 2 N–H and O–H groups in total. The number of methoxy groups -OCH3 is 1. The fraction of sp³-hybridized carbons (Fsp3) is 0.250. The van der Waals surface area contributed by atoms with Crippen molar-refractivity contribution >= 4 is 17.5 Å². The van der Waals surface area contributed by atoms with Gasteiger partial charge in [-0.25, -0.2) is 9.97 Å². The minimum atomic E-state index is -0.290. The van der Waals surface area contributed by atoms with Gasteiger partial charge in [-0.15, -0.1) is 0 Å². The number of hydrogen-bond acceptors (Lipinski definition) is 6. The predicted octanol–water partition coefficient (Wildman–Crippen LogP) is 1.78. The molecule has 7 heteroatoms. The van der Waals surface area contributed by atoms with E-state index >= 15 is 0 Å². The molecule has 0 unspecified atom stereocenters. The molecule has 1 aromatic heterocycles. The second kappa shape index (κ2) is 7.87. The van der Waals surface area contributed by atoms with Gasteiger partial charge in [-0.3, -0.25) is 4.79 Å². The summed E-state index contributed by atoms with van der Waals surface area (Å²) in [5, 5.41) is 14.6. The van der Waals surface area contributed by atoms with Gasteiger partial charge in [0.15, 0.2) is 0 Å². The van der Waals surface area contributed by atoms with Crippen LogP contribution in [0.3, 0.4) is 0 Å². The van der Waals surface area contributed by atoms with Crippen molar-refractivity contribution in [2.75, 3.05) is 25.6 Å². The lowest BCUT2D eigenvalue weighted by molar-refractivity contribution is 0.0932. The summed E-state index contributed by atoms with van der Waals surface area (Å²) in [6, 6.07) is 10.6. The van der Waals surface area contributed by atoms with E-state index in [1.54, 1.807) is 44.4 Å². The quantitative estimate of drug-likeness (QED) is 0.789. The molecule has 0 aliphatic rings. The lowest BCUT2D eigenvalue weighted by Crippen LogP contribution is -2.28. The number of amides is 1. The number of nitrogens with one attached hydrogen (secondary N) is 2. The van der Waals surface area contributed by atoms with E-state index in [1.807, 2.05) is 0 Å². The molecule has 2 aromatic rings. The van der Waals surface area contributed by atoms with Gasteiger partial charge in [0.2, 0.25) is 5.95 Å². The van der Waals surface area contributed by atoms with Crippen LogP contribution in [0, 0.1) is 18.3 Å². The SMILES string of the molecule is COCCNC(=O)c1cc(C)nc(Nc2cccc(C#N)c2)n1. The number of nitriles is 1. The number of benzene rings is 1. The number of carbonyl (C=O) groups is 1. The van der Waals surface area contributed by atoms with Gasteiger partial charge in [-0.1, -0.05) is 6.07 Å². The molecule has 118 valence electrons. The van der Waals surface area contributed by atoms with Crippen LogP contribution in [0.5, 0.6) is 0 Å². The van der Waals surface area contributed by atoms with Crippen molar-refractivity contribution < 1.29 is 9.53 Å². The van der Waals surface area contributed by atoms with Gasteiger partial charge in [-0.2, -0.15) is 5.26 Å². The second-order valence-electron chi connectivity index (χ2n) is 4.78. The summed E-state index contributed by atoms with van der Waals surface area (Å²) in [4.78, 5) is 20.5. The van der Waals surface area contributed by atoms with E-state index in [0.29, 0.717) is 36.0 Å². The molecule has 0 bridgehead atoms. The number of aromatic nitrogens is 2. The van der Waals surface area contributed by atoms with Crippen LogP contribution < -0.4 is 10.6 Å². The average molecular weight is 311 g/mol. The standard InChI is InChI=1S/C16H17N5O2/c1-11-8-14(15(22)18-6-7-23-2)21-16(19-11)20-13-5-3-4-12(9-13)10-17/h3-5,8-9H,6-7H2,1-2H3,(H,18,22)(H,19,20,21). The highest BCUT2D eigenvalue weighted by atomic mass is 16.5. The van der Waals surface area contributed by atoms with E-state index in [1.165, 1.54) is 0 Å². The van der Waals surface area contributed by atoms with E-state index in [4.69, 9.17) is 10.00 Å². The summed E-state index contributed by atoms with van der Waals surface area (Å²) in [6.45, 7) is 2.62. The summed E-state index contributed by atoms with van der Waals surface area (Å²) in [6.07, 6.45) is 0. The Kier molecular flexibility index (Phi) is 5.61. The van der Waals surface area contributed by atoms with E-state index in [-0.39, 0.29) is 11.6 Å². The van der Waals surface area contributed by atoms with Crippen molar-refractivity contribution in [1.82, 2.24) is 15.3 Å². The molecular formula is C16H17N5O2. The molecule has 0 saturated heterocycles. The lowest BCUT2D eigenvalue weighted by Gasteiger charge is -2.09. The number of carbonyl (C=O) groups excluding carboxylic acids is 1. The minimum Gasteiger partial charge on any atom is -0.383 e. The van der Waals surface area contributed by atoms with Crippen LogP contribution in [0.15, 0.2) is 30.3 Å². The van der Waals surface area contributed by atoms with Gasteiger partial charge in [0, 0.05) is 25.0 Å². The van der Waals surface area contributed by atoms with E-state index < -0.39 is 0 Å². The number of aryl methyl sites for hydroxylation is 1. The Labute approximate surface area is 134 Å². The highest BCUT2D eigenvalue weighted by molar-refractivity contribution is 5.92. The van der Waals surface area contributed by atoms with Crippen LogP contribution >= 0.6 is 0 Å². The van der Waals surface area contributed by atoms with Gasteiger partial charge in [-0.05, 0) is 31.2 Å². The molecule has 0 aliphatic carbocycles. The Bertz CT molecular complexity index is 739. The maximum Gasteiger partial charge on any atom is 0.270 e. The molecule has 0 radical (unpaired) electrons. The highest BCUT2D eigenvalue weighted by Crippen LogP contribution is 2.15. The van der Waals surface area contributed by atoms with Gasteiger partial charge in [0.25, 0.3) is 5.91 Å². The number of anilines is 2. The van der Waals surface area contributed by atoms with Crippen molar-refractivity contribution in [3.05, 3.63) is 47.3 Å². The monoisotopic (exact) mass is 311 g/mol. The first-order chi connectivity index (χ1) is 11.1. The van der Waals surface area contributed by atoms with Crippen molar-refractivity contribution in [1.29, 1.82) is 5.26 Å². The van der Waals surface area contributed by atoms with Crippen molar-refractivity contribution in [3.63, 3.8) is 0 Å². The first kappa shape index (κ1) is 16.4. The molecule has 1 amide bonds. The number of rotatable bonds is 6. The molecule has 23 heavy (non-hydrogen) atoms. The first-order valence-corrected chi connectivity index (χ1v) is 7.02. The Balaban J connectivity index is 2.16. The Morgan fingerprint density at radius 1 is 1.35 bits per heavy atom. The number of nitrogens with zero attached hydrogens (tertiary/aromatic N) is 3. The zero-order valence-corrected chi connectivity index (χ0v) is 13.0. The number of ether oxygens (including phenoxy) is 1. The van der Waals surface area contributed by atoms with Gasteiger partial charge >= 0.3 is 0 Å². The van der Waals surface area contributed by atoms with Gasteiger partial charge in [0.1, 0.15) is 5.69 Å². The molecule has 0 aliphatic heterocycles.